The quantitative estimate of drug-likeness (QED) is 0.486. The Morgan fingerprint density at radius 3 is 2.85 bits per heavy atom. The Hall–Kier alpha value is -1.79. The lowest BCUT2D eigenvalue weighted by Crippen LogP contribution is -2.14. The van der Waals surface area contributed by atoms with Crippen LogP contribution >= 0.6 is 12.4 Å². The van der Waals surface area contributed by atoms with Crippen LogP contribution in [0.4, 0.5) is 5.69 Å². The molecule has 1 heterocycles. The van der Waals surface area contributed by atoms with Gasteiger partial charge in [0.15, 0.2) is 5.76 Å². The number of hydrogen-bond acceptors (Lipinski definition) is 5. The van der Waals surface area contributed by atoms with Gasteiger partial charge in [-0.15, -0.1) is 12.4 Å². The molecule has 0 atom stereocenters. The Bertz CT molecular complexity index is 597. The molecule has 0 saturated heterocycles. The van der Waals surface area contributed by atoms with Crippen LogP contribution < -0.4 is 5.32 Å². The minimum absolute atomic E-state index is 0. The second kappa shape index (κ2) is 7.12. The molecule has 1 aromatic carbocycles. The number of phenols is 1. The molecule has 0 saturated carbocycles. The van der Waals surface area contributed by atoms with Crippen molar-refractivity contribution in [3.05, 3.63) is 34.1 Å². The number of nitrogens with one attached hydrogen (secondary N) is 1. The number of benzene rings is 1. The van der Waals surface area contributed by atoms with Crippen molar-refractivity contribution in [3.63, 3.8) is 0 Å². The first-order valence-electron chi connectivity index (χ1n) is 6.23. The molecule has 0 aliphatic carbocycles. The summed E-state index contributed by atoms with van der Waals surface area (Å²) in [5, 5.41) is 24.1. The number of aryl methyl sites for hydroxylation is 1. The molecule has 0 unspecified atom stereocenters. The maximum Gasteiger partial charge on any atom is 0.318 e. The predicted molar refractivity (Wildman–Crippen MR) is 78.6 cm³/mol. The molecule has 20 heavy (non-hydrogen) atoms. The van der Waals surface area contributed by atoms with Crippen LogP contribution in [0.1, 0.15) is 19.1 Å². The van der Waals surface area contributed by atoms with Crippen molar-refractivity contribution in [2.24, 2.45) is 0 Å². The Kier molecular flexibility index (Phi) is 5.79. The molecule has 2 N–H and O–H groups in total. The molecule has 2 aromatic rings. The molecule has 0 aliphatic heterocycles. The summed E-state index contributed by atoms with van der Waals surface area (Å²) in [6.07, 6.45) is 1.26. The average molecular weight is 301 g/mol. The number of hydrogen-bond donors (Lipinski definition) is 2. The van der Waals surface area contributed by atoms with Crippen LogP contribution in [0.5, 0.6) is 5.75 Å². The average Bonchev–Trinajstić information content (AvgIpc) is 2.72. The molecule has 0 bridgehead atoms. The third-order valence-corrected chi connectivity index (χ3v) is 2.91. The highest BCUT2D eigenvalue weighted by Gasteiger charge is 2.24. The second-order valence-corrected chi connectivity index (χ2v) is 4.27. The summed E-state index contributed by atoms with van der Waals surface area (Å²) < 4.78 is 5.52. The van der Waals surface area contributed by atoms with Crippen LogP contribution in [0.3, 0.4) is 0 Å². The lowest BCUT2D eigenvalue weighted by atomic mass is 10.1. The Balaban J connectivity index is 0.00000200. The van der Waals surface area contributed by atoms with Gasteiger partial charge in [-0.25, -0.2) is 0 Å². The van der Waals surface area contributed by atoms with Gasteiger partial charge < -0.3 is 14.8 Å². The van der Waals surface area contributed by atoms with Crippen LogP contribution in [0.25, 0.3) is 11.0 Å². The number of halogens is 1. The third kappa shape index (κ3) is 3.40. The molecule has 110 valence electrons. The van der Waals surface area contributed by atoms with Gasteiger partial charge in [-0.05, 0) is 37.7 Å². The Morgan fingerprint density at radius 1 is 1.45 bits per heavy atom. The number of rotatable bonds is 6. The zero-order valence-corrected chi connectivity index (χ0v) is 11.9. The fraction of sp³-hybridized carbons (Fsp3) is 0.385. The van der Waals surface area contributed by atoms with Gasteiger partial charge in [-0.1, -0.05) is 6.92 Å². The highest BCUT2D eigenvalue weighted by molar-refractivity contribution is 5.89. The maximum absolute atomic E-state index is 11.1. The van der Waals surface area contributed by atoms with Crippen LogP contribution in [-0.2, 0) is 6.42 Å². The van der Waals surface area contributed by atoms with Crippen molar-refractivity contribution >= 4 is 29.1 Å². The topological polar surface area (TPSA) is 88.5 Å². The van der Waals surface area contributed by atoms with E-state index in [1.807, 2.05) is 6.92 Å². The zero-order chi connectivity index (χ0) is 13.8. The van der Waals surface area contributed by atoms with Crippen molar-refractivity contribution < 1.29 is 14.4 Å². The summed E-state index contributed by atoms with van der Waals surface area (Å²) in [6.45, 7) is 3.67. The summed E-state index contributed by atoms with van der Waals surface area (Å²) in [5.74, 6) is 0.360. The van der Waals surface area contributed by atoms with E-state index in [0.717, 1.165) is 19.5 Å². The maximum atomic E-state index is 11.1. The SMILES string of the molecule is CCNCCCc1oc2ccc(O)cc2c1[N+](=O)[O-].Cl. The van der Waals surface area contributed by atoms with E-state index in [9.17, 15) is 15.2 Å². The highest BCUT2D eigenvalue weighted by atomic mass is 35.5. The smallest absolute Gasteiger partial charge is 0.318 e. The van der Waals surface area contributed by atoms with Crippen molar-refractivity contribution in [2.75, 3.05) is 13.1 Å². The summed E-state index contributed by atoms with van der Waals surface area (Å²) in [5.41, 5.74) is 0.394. The molecule has 1 aromatic heterocycles. The molecular formula is C13H17ClN2O4. The van der Waals surface area contributed by atoms with E-state index >= 15 is 0 Å². The lowest BCUT2D eigenvalue weighted by Gasteiger charge is -1.99. The summed E-state index contributed by atoms with van der Waals surface area (Å²) in [6, 6.07) is 4.37. The molecule has 7 heteroatoms. The van der Waals surface area contributed by atoms with E-state index < -0.39 is 4.92 Å². The third-order valence-electron chi connectivity index (χ3n) is 2.91. The van der Waals surface area contributed by atoms with E-state index in [-0.39, 0.29) is 23.8 Å². The minimum Gasteiger partial charge on any atom is -0.508 e. The molecular weight excluding hydrogens is 284 g/mol. The molecule has 0 fully saturated rings. The van der Waals surface area contributed by atoms with Crippen LogP contribution in [0, 0.1) is 10.1 Å². The second-order valence-electron chi connectivity index (χ2n) is 4.27. The molecule has 6 nitrogen and oxygen atoms in total. The predicted octanol–water partition coefficient (Wildman–Crippen LogP) is 3.01. The number of aromatic hydroxyl groups is 1. The van der Waals surface area contributed by atoms with Gasteiger partial charge in [0.25, 0.3) is 0 Å². The normalized spacial score (nSPS) is 10.4. The summed E-state index contributed by atoms with van der Waals surface area (Å²) in [4.78, 5) is 10.7. The summed E-state index contributed by atoms with van der Waals surface area (Å²) >= 11 is 0. The number of nitrogens with zero attached hydrogens (tertiary/aromatic N) is 1. The fourth-order valence-corrected chi connectivity index (χ4v) is 2.04. The van der Waals surface area contributed by atoms with Gasteiger partial charge in [0.1, 0.15) is 16.7 Å². The monoisotopic (exact) mass is 300 g/mol. The van der Waals surface area contributed by atoms with E-state index in [1.165, 1.54) is 12.1 Å². The first kappa shape index (κ1) is 16.3. The van der Waals surface area contributed by atoms with Gasteiger partial charge >= 0.3 is 5.69 Å². The first-order valence-corrected chi connectivity index (χ1v) is 6.23. The van der Waals surface area contributed by atoms with Gasteiger partial charge in [0.2, 0.25) is 0 Å². The number of phenolic OH excluding ortho intramolecular Hbond substituents is 1. The van der Waals surface area contributed by atoms with Crippen LogP contribution in [-0.4, -0.2) is 23.1 Å². The standard InChI is InChI=1S/C13H16N2O4.ClH/c1-2-14-7-3-4-12-13(15(17)18)10-8-9(16)5-6-11(10)19-12;/h5-6,8,14,16H,2-4,7H2,1H3;1H. The van der Waals surface area contributed by atoms with Crippen molar-refractivity contribution in [1.29, 1.82) is 0 Å². The number of furan rings is 1. The van der Waals surface area contributed by atoms with E-state index in [4.69, 9.17) is 4.42 Å². The van der Waals surface area contributed by atoms with Gasteiger partial charge in [-0.3, -0.25) is 10.1 Å². The van der Waals surface area contributed by atoms with E-state index in [1.54, 1.807) is 6.07 Å². The Morgan fingerprint density at radius 2 is 2.20 bits per heavy atom. The van der Waals surface area contributed by atoms with E-state index in [0.29, 0.717) is 23.2 Å². The van der Waals surface area contributed by atoms with Gasteiger partial charge in [0.05, 0.1) is 4.92 Å². The van der Waals surface area contributed by atoms with Gasteiger partial charge in [0, 0.05) is 6.42 Å². The Labute approximate surface area is 122 Å². The summed E-state index contributed by atoms with van der Waals surface area (Å²) in [7, 11) is 0. The molecule has 2 rings (SSSR count). The molecule has 0 aliphatic rings. The zero-order valence-electron chi connectivity index (χ0n) is 11.1. The van der Waals surface area contributed by atoms with Gasteiger partial charge in [-0.2, -0.15) is 0 Å². The van der Waals surface area contributed by atoms with Crippen LogP contribution in [0.2, 0.25) is 0 Å². The van der Waals surface area contributed by atoms with Crippen molar-refractivity contribution in [2.45, 2.75) is 19.8 Å². The van der Waals surface area contributed by atoms with E-state index in [2.05, 4.69) is 5.32 Å². The fourth-order valence-electron chi connectivity index (χ4n) is 2.04. The highest BCUT2D eigenvalue weighted by Crippen LogP contribution is 2.35. The van der Waals surface area contributed by atoms with Crippen LogP contribution in [0.15, 0.2) is 22.6 Å². The largest absolute Gasteiger partial charge is 0.508 e. The number of fused-ring (bicyclic) bond motifs is 1. The van der Waals surface area contributed by atoms with Crippen molar-refractivity contribution in [3.8, 4) is 5.75 Å². The minimum atomic E-state index is -0.451. The first-order chi connectivity index (χ1) is 9.13. The van der Waals surface area contributed by atoms with Crippen molar-refractivity contribution in [1.82, 2.24) is 5.32 Å². The molecule has 0 spiro atoms. The molecule has 0 radical (unpaired) electrons. The lowest BCUT2D eigenvalue weighted by molar-refractivity contribution is -0.384. The molecule has 0 amide bonds. The number of nitro groups is 1.